The van der Waals surface area contributed by atoms with Gasteiger partial charge in [-0.2, -0.15) is 0 Å². The first-order valence-corrected chi connectivity index (χ1v) is 8.08. The second-order valence-electron chi connectivity index (χ2n) is 6.06. The second kappa shape index (κ2) is 8.65. The molecule has 1 heterocycles. The van der Waals surface area contributed by atoms with E-state index in [9.17, 15) is 4.79 Å². The van der Waals surface area contributed by atoms with Crippen molar-refractivity contribution in [2.75, 3.05) is 20.6 Å². The van der Waals surface area contributed by atoms with E-state index in [0.29, 0.717) is 17.7 Å². The van der Waals surface area contributed by atoms with Crippen molar-refractivity contribution in [3.63, 3.8) is 0 Å². The number of carbonyl (C=O) groups is 1. The molecule has 0 N–H and O–H groups in total. The fourth-order valence-corrected chi connectivity index (χ4v) is 2.61. The smallest absolute Gasteiger partial charge is 0.168 e. The van der Waals surface area contributed by atoms with Crippen LogP contribution in [0.1, 0.15) is 16.8 Å². The van der Waals surface area contributed by atoms with Crippen molar-refractivity contribution in [3.05, 3.63) is 72.3 Å². The van der Waals surface area contributed by atoms with E-state index in [-0.39, 0.29) is 18.2 Å². The molecule has 3 aromatic rings. The Morgan fingerprint density at radius 2 is 1.48 bits per heavy atom. The molecule has 3 rings (SSSR count). The predicted octanol–water partition coefficient (Wildman–Crippen LogP) is 5.17. The lowest BCUT2D eigenvalue weighted by atomic mass is 10.0. The molecule has 25 heavy (non-hydrogen) atoms. The first-order valence-electron chi connectivity index (χ1n) is 8.08. The van der Waals surface area contributed by atoms with E-state index in [1.54, 1.807) is 0 Å². The highest BCUT2D eigenvalue weighted by Crippen LogP contribution is 2.33. The highest BCUT2D eigenvalue weighted by Gasteiger charge is 2.19. The summed E-state index contributed by atoms with van der Waals surface area (Å²) in [6.07, 6.45) is 0.473. The summed E-state index contributed by atoms with van der Waals surface area (Å²) in [4.78, 5) is 14.7. The maximum atomic E-state index is 12.7. The maximum absolute atomic E-state index is 12.7. The zero-order chi connectivity index (χ0) is 16.9. The topological polar surface area (TPSA) is 33.5 Å². The minimum absolute atomic E-state index is 0. The van der Waals surface area contributed by atoms with Gasteiger partial charge in [0.25, 0.3) is 0 Å². The van der Waals surface area contributed by atoms with Crippen molar-refractivity contribution in [1.29, 1.82) is 0 Å². The number of Topliss-reactive ketones (excluding diaryl/α,β-unsaturated/α-hetero) is 1. The molecule has 0 bridgehead atoms. The van der Waals surface area contributed by atoms with Crippen LogP contribution in [0.25, 0.3) is 22.6 Å². The molecule has 0 aliphatic carbocycles. The van der Waals surface area contributed by atoms with E-state index in [2.05, 4.69) is 0 Å². The Bertz CT molecular complexity index is 810. The summed E-state index contributed by atoms with van der Waals surface area (Å²) in [6, 6.07) is 21.5. The summed E-state index contributed by atoms with van der Waals surface area (Å²) in [7, 11) is 3.94. The van der Waals surface area contributed by atoms with Crippen molar-refractivity contribution in [1.82, 2.24) is 4.90 Å². The number of hydrogen-bond acceptors (Lipinski definition) is 3. The number of carbonyl (C=O) groups excluding carboxylic acids is 1. The Morgan fingerprint density at radius 3 is 2.04 bits per heavy atom. The minimum atomic E-state index is 0. The van der Waals surface area contributed by atoms with E-state index in [1.807, 2.05) is 85.7 Å². The summed E-state index contributed by atoms with van der Waals surface area (Å²) < 4.78 is 6.08. The van der Waals surface area contributed by atoms with Gasteiger partial charge in [0, 0.05) is 24.1 Å². The van der Waals surface area contributed by atoms with E-state index < -0.39 is 0 Å². The molecule has 3 nitrogen and oxygen atoms in total. The minimum Gasteiger partial charge on any atom is -0.455 e. The lowest BCUT2D eigenvalue weighted by molar-refractivity contribution is 0.0973. The van der Waals surface area contributed by atoms with Gasteiger partial charge in [0.05, 0.1) is 5.56 Å². The number of hydrogen-bond donors (Lipinski definition) is 0. The summed E-state index contributed by atoms with van der Waals surface area (Å²) >= 11 is 0. The molecule has 4 heteroatoms. The predicted molar refractivity (Wildman–Crippen MR) is 104 cm³/mol. The third kappa shape index (κ3) is 4.59. The molecule has 0 amide bonds. The molecule has 1 aromatic heterocycles. The number of halogens is 1. The van der Waals surface area contributed by atoms with Gasteiger partial charge in [0.15, 0.2) is 5.78 Å². The quantitative estimate of drug-likeness (QED) is 0.572. The molecule has 0 aliphatic heterocycles. The molecule has 130 valence electrons. The van der Waals surface area contributed by atoms with Crippen molar-refractivity contribution in [2.24, 2.45) is 0 Å². The normalized spacial score (nSPS) is 10.5. The second-order valence-corrected chi connectivity index (χ2v) is 6.06. The number of ketones is 1. The van der Waals surface area contributed by atoms with Crippen LogP contribution < -0.4 is 0 Å². The van der Waals surface area contributed by atoms with Crippen LogP contribution in [-0.4, -0.2) is 31.3 Å². The van der Waals surface area contributed by atoms with Crippen LogP contribution in [0.4, 0.5) is 0 Å². The van der Waals surface area contributed by atoms with Gasteiger partial charge < -0.3 is 9.32 Å². The Hall–Kier alpha value is -2.36. The Labute approximate surface area is 154 Å². The fourth-order valence-electron chi connectivity index (χ4n) is 2.61. The fraction of sp³-hybridized carbons (Fsp3) is 0.190. The van der Waals surface area contributed by atoms with Crippen LogP contribution in [0, 0.1) is 0 Å². The Morgan fingerprint density at radius 1 is 0.920 bits per heavy atom. The molecule has 0 fully saturated rings. The van der Waals surface area contributed by atoms with E-state index >= 15 is 0 Å². The summed E-state index contributed by atoms with van der Waals surface area (Å²) in [5, 5.41) is 0. The first kappa shape index (κ1) is 19.0. The summed E-state index contributed by atoms with van der Waals surface area (Å²) in [5.74, 6) is 1.48. The standard InChI is InChI=1S/C21H21NO2.ClH/c1-22(2)14-13-19(23)18-15-20(16-9-5-3-6-10-16)24-21(18)17-11-7-4-8-12-17;/h3-12,15H,13-14H2,1-2H3;1H. The van der Waals surface area contributed by atoms with E-state index in [4.69, 9.17) is 4.42 Å². The molecular weight excluding hydrogens is 334 g/mol. The molecule has 0 saturated carbocycles. The average molecular weight is 356 g/mol. The highest BCUT2D eigenvalue weighted by molar-refractivity contribution is 6.02. The van der Waals surface area contributed by atoms with Crippen LogP contribution in [-0.2, 0) is 0 Å². The molecule has 2 aromatic carbocycles. The van der Waals surface area contributed by atoms with Gasteiger partial charge in [0.2, 0.25) is 0 Å². The number of nitrogens with zero attached hydrogens (tertiary/aromatic N) is 1. The zero-order valence-corrected chi connectivity index (χ0v) is 15.3. The summed E-state index contributed by atoms with van der Waals surface area (Å²) in [5.41, 5.74) is 2.55. The molecule has 0 atom stereocenters. The van der Waals surface area contributed by atoms with Gasteiger partial charge in [-0.15, -0.1) is 12.4 Å². The molecule has 0 unspecified atom stereocenters. The Kier molecular flexibility index (Phi) is 6.57. The average Bonchev–Trinajstić information content (AvgIpc) is 3.06. The molecule has 0 radical (unpaired) electrons. The Balaban J connectivity index is 0.00000225. The van der Waals surface area contributed by atoms with Crippen molar-refractivity contribution in [2.45, 2.75) is 6.42 Å². The van der Waals surface area contributed by atoms with Crippen LogP contribution in [0.5, 0.6) is 0 Å². The summed E-state index contributed by atoms with van der Waals surface area (Å²) in [6.45, 7) is 0.721. The van der Waals surface area contributed by atoms with Gasteiger partial charge in [-0.3, -0.25) is 4.79 Å². The van der Waals surface area contributed by atoms with Gasteiger partial charge in [-0.25, -0.2) is 0 Å². The van der Waals surface area contributed by atoms with Gasteiger partial charge in [0.1, 0.15) is 11.5 Å². The molecule has 0 spiro atoms. The third-order valence-corrected chi connectivity index (χ3v) is 3.91. The number of rotatable bonds is 6. The number of furan rings is 1. The SMILES string of the molecule is CN(C)CCC(=O)c1cc(-c2ccccc2)oc1-c1ccccc1.Cl. The van der Waals surface area contributed by atoms with E-state index in [1.165, 1.54) is 0 Å². The molecular formula is C21H22ClNO2. The maximum Gasteiger partial charge on any atom is 0.168 e. The highest BCUT2D eigenvalue weighted by atomic mass is 35.5. The van der Waals surface area contributed by atoms with Crippen molar-refractivity contribution >= 4 is 18.2 Å². The van der Waals surface area contributed by atoms with Gasteiger partial charge in [-0.1, -0.05) is 60.7 Å². The lowest BCUT2D eigenvalue weighted by Crippen LogP contribution is -2.16. The first-order chi connectivity index (χ1) is 11.6. The monoisotopic (exact) mass is 355 g/mol. The number of benzene rings is 2. The van der Waals surface area contributed by atoms with E-state index in [0.717, 1.165) is 23.4 Å². The molecule has 0 saturated heterocycles. The van der Waals surface area contributed by atoms with Crippen LogP contribution in [0.2, 0.25) is 0 Å². The van der Waals surface area contributed by atoms with Crippen LogP contribution >= 0.6 is 12.4 Å². The zero-order valence-electron chi connectivity index (χ0n) is 14.4. The van der Waals surface area contributed by atoms with Crippen LogP contribution in [0.15, 0.2) is 71.1 Å². The van der Waals surface area contributed by atoms with Crippen molar-refractivity contribution in [3.8, 4) is 22.6 Å². The van der Waals surface area contributed by atoms with Gasteiger partial charge >= 0.3 is 0 Å². The lowest BCUT2D eigenvalue weighted by Gasteiger charge is -2.08. The molecule has 0 aliphatic rings. The largest absolute Gasteiger partial charge is 0.455 e. The van der Waals surface area contributed by atoms with Crippen LogP contribution in [0.3, 0.4) is 0 Å². The van der Waals surface area contributed by atoms with Crippen molar-refractivity contribution < 1.29 is 9.21 Å². The third-order valence-electron chi connectivity index (χ3n) is 3.91. The van der Waals surface area contributed by atoms with Gasteiger partial charge in [-0.05, 0) is 20.2 Å².